The number of hydrogen-bond donors (Lipinski definition) is 2. The van der Waals surface area contributed by atoms with Gasteiger partial charge in [0.05, 0.1) is 16.9 Å². The van der Waals surface area contributed by atoms with Gasteiger partial charge in [0.15, 0.2) is 0 Å². The molecule has 1 amide bonds. The Morgan fingerprint density at radius 2 is 1.86 bits per heavy atom. The van der Waals surface area contributed by atoms with Crippen LogP contribution in [0.1, 0.15) is 10.4 Å². The molecular weight excluding hydrogens is 284 g/mol. The summed E-state index contributed by atoms with van der Waals surface area (Å²) in [6.45, 7) is 0. The van der Waals surface area contributed by atoms with Crippen molar-refractivity contribution in [1.82, 2.24) is 9.38 Å². The average molecular weight is 296 g/mol. The highest BCUT2D eigenvalue weighted by Gasteiger charge is 2.16. The highest BCUT2D eigenvalue weighted by atomic mass is 16.6. The van der Waals surface area contributed by atoms with Crippen LogP contribution in [-0.4, -0.2) is 21.4 Å². The van der Waals surface area contributed by atoms with Gasteiger partial charge < -0.3 is 20.6 Å². The van der Waals surface area contributed by atoms with Crippen LogP contribution in [0.2, 0.25) is 0 Å². The van der Waals surface area contributed by atoms with Crippen LogP contribution in [0.4, 0.5) is 10.5 Å². The minimum Gasteiger partial charge on any atom is -0.398 e. The lowest BCUT2D eigenvalue weighted by Gasteiger charge is -2.04. The van der Waals surface area contributed by atoms with Gasteiger partial charge in [-0.25, -0.2) is 14.6 Å². The Balaban J connectivity index is 2.06. The molecule has 0 fully saturated rings. The van der Waals surface area contributed by atoms with Gasteiger partial charge in [-0.05, 0) is 0 Å². The Hall–Kier alpha value is -3.35. The molecule has 7 heteroatoms. The number of aromatic nitrogens is 2. The highest BCUT2D eigenvalue weighted by Crippen LogP contribution is 2.22. The predicted molar refractivity (Wildman–Crippen MR) is 80.0 cm³/mol. The molecule has 0 spiro atoms. The summed E-state index contributed by atoms with van der Waals surface area (Å²) in [5.74, 6) is -0.901. The first-order chi connectivity index (χ1) is 10.5. The molecule has 2 aromatic heterocycles. The predicted octanol–water partition coefficient (Wildman–Crippen LogP) is 1.82. The molecule has 0 aliphatic rings. The third kappa shape index (κ3) is 2.47. The fourth-order valence-electron chi connectivity index (χ4n) is 2.11. The van der Waals surface area contributed by atoms with E-state index in [1.54, 1.807) is 10.6 Å². The van der Waals surface area contributed by atoms with Gasteiger partial charge in [0.25, 0.3) is 0 Å². The zero-order chi connectivity index (χ0) is 15.7. The van der Waals surface area contributed by atoms with Crippen molar-refractivity contribution in [2.24, 2.45) is 5.73 Å². The molecule has 0 unspecified atom stereocenters. The number of amides is 1. The number of anilines is 1. The summed E-state index contributed by atoms with van der Waals surface area (Å²) >= 11 is 0. The van der Waals surface area contributed by atoms with E-state index in [2.05, 4.69) is 9.72 Å². The van der Waals surface area contributed by atoms with E-state index in [0.29, 0.717) is 5.65 Å². The first-order valence-corrected chi connectivity index (χ1v) is 6.40. The Bertz CT molecular complexity index is 871. The molecule has 0 bridgehead atoms. The van der Waals surface area contributed by atoms with Crippen molar-refractivity contribution in [2.45, 2.75) is 0 Å². The van der Waals surface area contributed by atoms with Crippen LogP contribution in [0.25, 0.3) is 16.9 Å². The van der Waals surface area contributed by atoms with Gasteiger partial charge in [-0.1, -0.05) is 30.3 Å². The summed E-state index contributed by atoms with van der Waals surface area (Å²) in [5.41, 5.74) is 13.1. The molecule has 0 aliphatic carbocycles. The number of nitrogen functional groups attached to an aromatic ring is 1. The molecule has 0 radical (unpaired) electrons. The number of fused-ring (bicyclic) bond motifs is 1. The minimum absolute atomic E-state index is 0.0447. The van der Waals surface area contributed by atoms with Crippen LogP contribution >= 0.6 is 0 Å². The minimum atomic E-state index is -1.18. The number of nitrogens with zero attached hydrogens (tertiary/aromatic N) is 2. The number of nitrogens with two attached hydrogens (primary N) is 2. The van der Waals surface area contributed by atoms with Crippen molar-refractivity contribution in [2.75, 3.05) is 5.73 Å². The Morgan fingerprint density at radius 1 is 1.14 bits per heavy atom. The van der Waals surface area contributed by atoms with Crippen molar-refractivity contribution >= 4 is 23.4 Å². The van der Waals surface area contributed by atoms with Gasteiger partial charge in [-0.3, -0.25) is 0 Å². The van der Waals surface area contributed by atoms with E-state index in [-0.39, 0.29) is 11.3 Å². The monoisotopic (exact) mass is 296 g/mol. The third-order valence-corrected chi connectivity index (χ3v) is 3.11. The average Bonchev–Trinajstić information content (AvgIpc) is 2.89. The molecule has 0 saturated heterocycles. The third-order valence-electron chi connectivity index (χ3n) is 3.11. The van der Waals surface area contributed by atoms with Crippen LogP contribution in [-0.2, 0) is 4.74 Å². The quantitative estimate of drug-likeness (QED) is 0.553. The Labute approximate surface area is 125 Å². The standard InChI is InChI=1S/C15H12N4O3/c16-11-6-13-18-12(9-4-2-1-3-5-9)8-19(13)7-10(11)14(20)22-15(17)21/h1-8H,16H2,(H2,17,21). The number of hydrogen-bond acceptors (Lipinski definition) is 5. The molecule has 0 aliphatic heterocycles. The summed E-state index contributed by atoms with van der Waals surface area (Å²) in [6, 6.07) is 11.1. The number of benzene rings is 1. The maximum absolute atomic E-state index is 11.8. The van der Waals surface area contributed by atoms with E-state index < -0.39 is 12.1 Å². The fourth-order valence-corrected chi connectivity index (χ4v) is 2.11. The van der Waals surface area contributed by atoms with E-state index in [0.717, 1.165) is 11.3 Å². The number of esters is 1. The maximum atomic E-state index is 11.8. The molecule has 0 saturated carbocycles. The lowest BCUT2D eigenvalue weighted by Crippen LogP contribution is -2.19. The Morgan fingerprint density at radius 3 is 2.55 bits per heavy atom. The van der Waals surface area contributed by atoms with Crippen molar-refractivity contribution in [3.8, 4) is 11.3 Å². The molecule has 2 heterocycles. The molecule has 0 atom stereocenters. The van der Waals surface area contributed by atoms with E-state index in [1.807, 2.05) is 30.3 Å². The van der Waals surface area contributed by atoms with Crippen molar-refractivity contribution < 1.29 is 14.3 Å². The van der Waals surface area contributed by atoms with Crippen LogP contribution in [0, 0.1) is 0 Å². The van der Waals surface area contributed by atoms with Crippen molar-refractivity contribution in [1.29, 1.82) is 0 Å². The van der Waals surface area contributed by atoms with Crippen LogP contribution in [0.15, 0.2) is 48.8 Å². The molecule has 110 valence electrons. The number of pyridine rings is 1. The van der Waals surface area contributed by atoms with Gasteiger partial charge >= 0.3 is 12.1 Å². The van der Waals surface area contributed by atoms with E-state index >= 15 is 0 Å². The second kappa shape index (κ2) is 5.21. The highest BCUT2D eigenvalue weighted by molar-refractivity contribution is 6.00. The van der Waals surface area contributed by atoms with E-state index in [4.69, 9.17) is 11.5 Å². The van der Waals surface area contributed by atoms with Gasteiger partial charge in [-0.2, -0.15) is 0 Å². The Kier molecular flexibility index (Phi) is 3.23. The number of ether oxygens (including phenoxy) is 1. The molecule has 7 nitrogen and oxygen atoms in total. The molecule has 3 rings (SSSR count). The summed E-state index contributed by atoms with van der Waals surface area (Å²) in [7, 11) is 0. The topological polar surface area (TPSA) is 113 Å². The van der Waals surface area contributed by atoms with E-state index in [1.165, 1.54) is 12.3 Å². The first-order valence-electron chi connectivity index (χ1n) is 6.40. The number of rotatable bonds is 2. The lowest BCUT2D eigenvalue weighted by molar-refractivity contribution is 0.0639. The number of carbonyl (C=O) groups excluding carboxylic acids is 2. The van der Waals surface area contributed by atoms with Gasteiger partial charge in [0.1, 0.15) is 5.65 Å². The zero-order valence-electron chi connectivity index (χ0n) is 11.4. The van der Waals surface area contributed by atoms with E-state index in [9.17, 15) is 9.59 Å². The fraction of sp³-hybridized carbons (Fsp3) is 0. The smallest absolute Gasteiger partial charge is 0.398 e. The van der Waals surface area contributed by atoms with Gasteiger partial charge in [-0.15, -0.1) is 0 Å². The van der Waals surface area contributed by atoms with Crippen molar-refractivity contribution in [3.05, 3.63) is 54.4 Å². The first kappa shape index (κ1) is 13.6. The molecule has 22 heavy (non-hydrogen) atoms. The number of imidazole rings is 1. The molecule has 3 aromatic rings. The van der Waals surface area contributed by atoms with Crippen LogP contribution in [0.5, 0.6) is 0 Å². The molecular formula is C15H12N4O3. The normalized spacial score (nSPS) is 10.5. The zero-order valence-corrected chi connectivity index (χ0v) is 11.4. The number of primary amides is 1. The van der Waals surface area contributed by atoms with Crippen LogP contribution < -0.4 is 11.5 Å². The van der Waals surface area contributed by atoms with Gasteiger partial charge in [0, 0.05) is 24.0 Å². The molecule has 1 aromatic carbocycles. The second-order valence-electron chi connectivity index (χ2n) is 4.61. The SMILES string of the molecule is NC(=O)OC(=O)c1cn2cc(-c3ccccc3)nc2cc1N. The summed E-state index contributed by atoms with van der Waals surface area (Å²) in [6.07, 6.45) is 2.03. The summed E-state index contributed by atoms with van der Waals surface area (Å²) in [4.78, 5) is 26.9. The number of carbonyl (C=O) groups is 2. The molecule has 4 N–H and O–H groups in total. The maximum Gasteiger partial charge on any atom is 0.412 e. The summed E-state index contributed by atoms with van der Waals surface area (Å²) < 4.78 is 5.98. The lowest BCUT2D eigenvalue weighted by atomic mass is 10.2. The van der Waals surface area contributed by atoms with Gasteiger partial charge in [0.2, 0.25) is 0 Å². The van der Waals surface area contributed by atoms with Crippen molar-refractivity contribution in [3.63, 3.8) is 0 Å². The van der Waals surface area contributed by atoms with Crippen LogP contribution in [0.3, 0.4) is 0 Å². The summed E-state index contributed by atoms with van der Waals surface area (Å²) in [5, 5.41) is 0. The largest absolute Gasteiger partial charge is 0.412 e. The second-order valence-corrected chi connectivity index (χ2v) is 4.61.